The number of phenolic OH excluding ortho intramolecular Hbond substituents is 2. The number of carbonyl (C=O) groups is 1. The summed E-state index contributed by atoms with van der Waals surface area (Å²) in [7, 11) is 0. The molecule has 2 atom stereocenters. The molecule has 1 aliphatic rings. The van der Waals surface area contributed by atoms with Crippen molar-refractivity contribution in [1.29, 1.82) is 0 Å². The highest BCUT2D eigenvalue weighted by atomic mass is 79.9. The molecule has 0 bridgehead atoms. The van der Waals surface area contributed by atoms with E-state index in [2.05, 4.69) is 36.4 Å². The number of rotatable bonds is 8. The first-order chi connectivity index (χ1) is 13.6. The minimum absolute atomic E-state index is 0.105. The number of allylic oxidation sites excluding steroid dienone is 2. The van der Waals surface area contributed by atoms with E-state index in [-0.39, 0.29) is 41.3 Å². The predicted molar refractivity (Wildman–Crippen MR) is 121 cm³/mol. The minimum Gasteiger partial charge on any atom is -0.507 e. The fourth-order valence-electron chi connectivity index (χ4n) is 4.13. The lowest BCUT2D eigenvalue weighted by Crippen LogP contribution is -2.21. The van der Waals surface area contributed by atoms with Crippen LogP contribution in [0.2, 0.25) is 0 Å². The number of carbonyl (C=O) groups excluding carboxylic acids is 1. The molecule has 0 spiro atoms. The van der Waals surface area contributed by atoms with Gasteiger partial charge in [-0.2, -0.15) is 0 Å². The van der Waals surface area contributed by atoms with E-state index in [4.69, 9.17) is 4.74 Å². The van der Waals surface area contributed by atoms with Gasteiger partial charge in [0.2, 0.25) is 0 Å². The van der Waals surface area contributed by atoms with Gasteiger partial charge in [-0.15, -0.1) is 0 Å². The van der Waals surface area contributed by atoms with Crippen molar-refractivity contribution in [3.8, 4) is 11.5 Å². The second-order valence-electron chi connectivity index (χ2n) is 8.73. The Morgan fingerprint density at radius 3 is 2.41 bits per heavy atom. The van der Waals surface area contributed by atoms with E-state index in [1.165, 1.54) is 6.92 Å². The van der Waals surface area contributed by atoms with Gasteiger partial charge in [-0.1, -0.05) is 48.0 Å². The summed E-state index contributed by atoms with van der Waals surface area (Å²) in [5.74, 6) is -0.196. The first kappa shape index (κ1) is 23.5. The standard InChI is InChI=1S/C24H33BrO4/c1-15(2)19-8-7-17(14-29-16(3)26)11-20(19)23-21(27)12-18(13-22(23)28)24(4,5)9-6-10-25/h11-13,19-20,27-28H,1,6-10,14H2,2-5H3/t19?,20-/m0/s1. The highest BCUT2D eigenvalue weighted by Crippen LogP contribution is 2.47. The summed E-state index contributed by atoms with van der Waals surface area (Å²) in [5, 5.41) is 22.7. The Morgan fingerprint density at radius 1 is 1.28 bits per heavy atom. The third-order valence-corrected chi connectivity index (χ3v) is 6.47. The van der Waals surface area contributed by atoms with Crippen LogP contribution in [0, 0.1) is 5.92 Å². The van der Waals surface area contributed by atoms with Gasteiger partial charge in [0.1, 0.15) is 18.1 Å². The molecule has 0 fully saturated rings. The maximum Gasteiger partial charge on any atom is 0.302 e. The van der Waals surface area contributed by atoms with Gasteiger partial charge in [-0.3, -0.25) is 4.79 Å². The number of esters is 1. The summed E-state index contributed by atoms with van der Waals surface area (Å²) < 4.78 is 5.16. The van der Waals surface area contributed by atoms with E-state index >= 15 is 0 Å². The third kappa shape index (κ3) is 5.88. The monoisotopic (exact) mass is 464 g/mol. The topological polar surface area (TPSA) is 66.8 Å². The Labute approximate surface area is 182 Å². The summed E-state index contributed by atoms with van der Waals surface area (Å²) in [6.45, 7) is 12.0. The molecule has 2 rings (SSSR count). The second kappa shape index (κ2) is 9.84. The summed E-state index contributed by atoms with van der Waals surface area (Å²) in [6, 6.07) is 3.57. The molecule has 1 unspecified atom stereocenters. The molecular formula is C24H33BrO4. The SMILES string of the molecule is C=C(C)C1CCC(COC(C)=O)=C[C@@H]1c1c(O)cc(C(C)(C)CCCBr)cc1O. The van der Waals surface area contributed by atoms with Gasteiger partial charge < -0.3 is 14.9 Å². The van der Waals surface area contributed by atoms with Crippen molar-refractivity contribution in [3.05, 3.63) is 47.1 Å². The van der Waals surface area contributed by atoms with Crippen LogP contribution in [0.3, 0.4) is 0 Å². The quantitative estimate of drug-likeness (QED) is 0.276. The Hall–Kier alpha value is -1.75. The maximum absolute atomic E-state index is 11.2. The Kier molecular flexibility index (Phi) is 7.98. The molecular weight excluding hydrogens is 432 g/mol. The van der Waals surface area contributed by atoms with E-state index in [9.17, 15) is 15.0 Å². The Morgan fingerprint density at radius 2 is 1.90 bits per heavy atom. The zero-order valence-corrected chi connectivity index (χ0v) is 19.5. The molecule has 0 amide bonds. The minimum atomic E-state index is -0.315. The van der Waals surface area contributed by atoms with Crippen molar-refractivity contribution < 1.29 is 19.7 Å². The average Bonchev–Trinajstić information content (AvgIpc) is 2.64. The zero-order valence-electron chi connectivity index (χ0n) is 17.9. The number of aromatic hydroxyl groups is 2. The van der Waals surface area contributed by atoms with E-state index < -0.39 is 0 Å². The number of ether oxygens (including phenoxy) is 1. The van der Waals surface area contributed by atoms with Crippen LogP contribution in [0.4, 0.5) is 0 Å². The molecule has 0 saturated carbocycles. The van der Waals surface area contributed by atoms with Gasteiger partial charge in [0.25, 0.3) is 0 Å². The van der Waals surface area contributed by atoms with Gasteiger partial charge in [-0.25, -0.2) is 0 Å². The highest BCUT2D eigenvalue weighted by Gasteiger charge is 2.32. The van der Waals surface area contributed by atoms with Crippen molar-refractivity contribution in [2.45, 2.75) is 64.7 Å². The van der Waals surface area contributed by atoms with Gasteiger partial charge in [0.05, 0.1) is 0 Å². The molecule has 0 saturated heterocycles. The van der Waals surface area contributed by atoms with E-state index in [1.54, 1.807) is 12.1 Å². The molecule has 160 valence electrons. The largest absolute Gasteiger partial charge is 0.507 e. The van der Waals surface area contributed by atoms with Gasteiger partial charge >= 0.3 is 5.97 Å². The molecule has 0 aromatic heterocycles. The second-order valence-corrected chi connectivity index (χ2v) is 9.52. The summed E-state index contributed by atoms with van der Waals surface area (Å²) >= 11 is 3.47. The number of hydrogen-bond acceptors (Lipinski definition) is 4. The van der Waals surface area contributed by atoms with E-state index in [0.29, 0.717) is 5.56 Å². The smallest absolute Gasteiger partial charge is 0.302 e. The van der Waals surface area contributed by atoms with E-state index in [0.717, 1.165) is 47.7 Å². The molecule has 1 aromatic rings. The third-order valence-electron chi connectivity index (χ3n) is 5.91. The van der Waals surface area contributed by atoms with Crippen molar-refractivity contribution in [1.82, 2.24) is 0 Å². The van der Waals surface area contributed by atoms with Crippen molar-refractivity contribution in [2.24, 2.45) is 5.92 Å². The summed E-state index contributed by atoms with van der Waals surface area (Å²) in [5.41, 5.74) is 3.31. The van der Waals surface area contributed by atoms with E-state index in [1.807, 2.05) is 13.0 Å². The number of alkyl halides is 1. The average molecular weight is 465 g/mol. The molecule has 29 heavy (non-hydrogen) atoms. The van der Waals surface area contributed by atoms with Crippen LogP contribution in [0.15, 0.2) is 35.9 Å². The van der Waals surface area contributed by atoms with Crippen molar-refractivity contribution in [3.63, 3.8) is 0 Å². The molecule has 0 radical (unpaired) electrons. The van der Waals surface area contributed by atoms with Crippen LogP contribution in [-0.2, 0) is 14.9 Å². The van der Waals surface area contributed by atoms with Crippen LogP contribution in [0.5, 0.6) is 11.5 Å². The van der Waals surface area contributed by atoms with Crippen LogP contribution in [-0.4, -0.2) is 28.1 Å². The first-order valence-electron chi connectivity index (χ1n) is 10.2. The normalized spacial score (nSPS) is 19.6. The lowest BCUT2D eigenvalue weighted by atomic mass is 9.72. The zero-order chi connectivity index (χ0) is 21.8. The Balaban J connectivity index is 2.44. The van der Waals surface area contributed by atoms with Gasteiger partial charge in [-0.05, 0) is 67.2 Å². The molecule has 5 heteroatoms. The molecule has 0 aliphatic heterocycles. The van der Waals surface area contributed by atoms with Crippen LogP contribution < -0.4 is 0 Å². The Bertz CT molecular complexity index is 771. The van der Waals surface area contributed by atoms with Crippen LogP contribution >= 0.6 is 15.9 Å². The number of benzene rings is 1. The molecule has 1 aromatic carbocycles. The van der Waals surface area contributed by atoms with Crippen LogP contribution in [0.25, 0.3) is 0 Å². The number of hydrogen-bond donors (Lipinski definition) is 2. The molecule has 2 N–H and O–H groups in total. The summed E-state index contributed by atoms with van der Waals surface area (Å²) in [4.78, 5) is 11.2. The van der Waals surface area contributed by atoms with Crippen molar-refractivity contribution in [2.75, 3.05) is 11.9 Å². The summed E-state index contributed by atoms with van der Waals surface area (Å²) in [6.07, 6.45) is 5.63. The van der Waals surface area contributed by atoms with Gasteiger partial charge in [0, 0.05) is 23.7 Å². The maximum atomic E-state index is 11.2. The first-order valence-corrected chi connectivity index (χ1v) is 11.3. The van der Waals surface area contributed by atoms with Gasteiger partial charge in [0.15, 0.2) is 0 Å². The highest BCUT2D eigenvalue weighted by molar-refractivity contribution is 9.09. The predicted octanol–water partition coefficient (Wildman–Crippen LogP) is 6.11. The molecule has 4 nitrogen and oxygen atoms in total. The number of halogens is 1. The van der Waals surface area contributed by atoms with Crippen molar-refractivity contribution >= 4 is 21.9 Å². The lowest BCUT2D eigenvalue weighted by Gasteiger charge is -2.33. The fourth-order valence-corrected chi connectivity index (χ4v) is 4.41. The number of phenols is 2. The fraction of sp³-hybridized carbons (Fsp3) is 0.542. The molecule has 1 aliphatic carbocycles. The van der Waals surface area contributed by atoms with Crippen LogP contribution in [0.1, 0.15) is 70.4 Å². The molecule has 0 heterocycles. The lowest BCUT2D eigenvalue weighted by molar-refractivity contribution is -0.140.